The van der Waals surface area contributed by atoms with Gasteiger partial charge in [0.2, 0.25) is 0 Å². The summed E-state index contributed by atoms with van der Waals surface area (Å²) in [5.74, 6) is 0.345. The predicted molar refractivity (Wildman–Crippen MR) is 94.5 cm³/mol. The molecule has 6 heteroatoms. The van der Waals surface area contributed by atoms with Gasteiger partial charge in [-0.05, 0) is 52.9 Å². The number of rotatable bonds is 5. The molecule has 0 atom stereocenters. The second kappa shape index (κ2) is 8.14. The number of hydrogen-bond acceptors (Lipinski definition) is 3. The Bertz CT molecular complexity index is 644. The van der Waals surface area contributed by atoms with Crippen LogP contribution in [0.25, 0.3) is 0 Å². The Kier molecular flexibility index (Phi) is 6.19. The van der Waals surface area contributed by atoms with E-state index in [1.807, 2.05) is 48.5 Å². The minimum Gasteiger partial charge on any atom is -0.484 e. The zero-order valence-electron chi connectivity index (χ0n) is 10.9. The van der Waals surface area contributed by atoms with Gasteiger partial charge >= 0.3 is 0 Å². The number of carbonyl (C=O) groups is 1. The molecule has 0 bridgehead atoms. The van der Waals surface area contributed by atoms with Crippen LogP contribution in [0.2, 0.25) is 0 Å². The lowest BCUT2D eigenvalue weighted by Gasteiger charge is -2.04. The topological polar surface area (TPSA) is 50.7 Å². The van der Waals surface area contributed by atoms with Gasteiger partial charge in [0.25, 0.3) is 5.91 Å². The van der Waals surface area contributed by atoms with Crippen molar-refractivity contribution >= 4 is 50.6 Å². The van der Waals surface area contributed by atoms with Gasteiger partial charge in [-0.25, -0.2) is 5.43 Å². The molecule has 1 N–H and O–H groups in total. The molecule has 0 saturated heterocycles. The minimum absolute atomic E-state index is 0.0755. The highest BCUT2D eigenvalue weighted by atomic mass is 127. The van der Waals surface area contributed by atoms with Crippen molar-refractivity contribution in [1.29, 1.82) is 0 Å². The van der Waals surface area contributed by atoms with Crippen LogP contribution >= 0.6 is 38.5 Å². The summed E-state index contributed by atoms with van der Waals surface area (Å²) in [7, 11) is 0. The Morgan fingerprint density at radius 1 is 1.24 bits per heavy atom. The van der Waals surface area contributed by atoms with E-state index in [4.69, 9.17) is 4.74 Å². The zero-order valence-corrected chi connectivity index (χ0v) is 14.7. The summed E-state index contributed by atoms with van der Waals surface area (Å²) in [4.78, 5) is 11.6. The number of benzene rings is 2. The normalized spacial score (nSPS) is 10.6. The number of nitrogens with one attached hydrogen (secondary N) is 1. The molecule has 1 amide bonds. The van der Waals surface area contributed by atoms with Crippen LogP contribution in [-0.4, -0.2) is 18.7 Å². The smallest absolute Gasteiger partial charge is 0.277 e. The number of carbonyl (C=O) groups excluding carboxylic acids is 1. The average molecular weight is 459 g/mol. The van der Waals surface area contributed by atoms with Crippen molar-refractivity contribution in [1.82, 2.24) is 5.43 Å². The van der Waals surface area contributed by atoms with Gasteiger partial charge in [-0.3, -0.25) is 4.79 Å². The number of ether oxygens (including phenoxy) is 1. The highest BCUT2D eigenvalue weighted by Crippen LogP contribution is 2.14. The van der Waals surface area contributed by atoms with Crippen molar-refractivity contribution in [3.05, 3.63) is 62.1 Å². The lowest BCUT2D eigenvalue weighted by molar-refractivity contribution is -0.123. The maximum atomic E-state index is 11.6. The van der Waals surface area contributed by atoms with Crippen LogP contribution in [0.3, 0.4) is 0 Å². The molecule has 2 aromatic carbocycles. The molecule has 2 aromatic rings. The molecular weight excluding hydrogens is 447 g/mol. The molecule has 0 fully saturated rings. The molecule has 4 nitrogen and oxygen atoms in total. The summed E-state index contributed by atoms with van der Waals surface area (Å²) < 4.78 is 7.38. The number of nitrogens with zero attached hydrogens (tertiary/aromatic N) is 1. The molecule has 0 saturated carbocycles. The van der Waals surface area contributed by atoms with Crippen molar-refractivity contribution in [2.24, 2.45) is 5.10 Å². The van der Waals surface area contributed by atoms with E-state index >= 15 is 0 Å². The maximum Gasteiger partial charge on any atom is 0.277 e. The molecule has 0 unspecified atom stereocenters. The lowest BCUT2D eigenvalue weighted by atomic mass is 10.2. The fraction of sp³-hybridized carbons (Fsp3) is 0.0667. The van der Waals surface area contributed by atoms with Gasteiger partial charge in [0, 0.05) is 13.6 Å². The number of hydrazone groups is 1. The van der Waals surface area contributed by atoms with Gasteiger partial charge in [0.05, 0.1) is 6.21 Å². The van der Waals surface area contributed by atoms with E-state index in [0.29, 0.717) is 5.75 Å². The van der Waals surface area contributed by atoms with E-state index in [1.165, 1.54) is 0 Å². The van der Waals surface area contributed by atoms with Crippen molar-refractivity contribution in [2.45, 2.75) is 0 Å². The standard InChI is InChI=1S/C15H12BrIN2O2/c16-14-4-2-1-3-11(14)9-18-19-15(20)10-21-13-7-5-12(17)6-8-13/h1-9H,10H2,(H,19,20)/b18-9-. The van der Waals surface area contributed by atoms with Crippen LogP contribution in [0.1, 0.15) is 5.56 Å². The van der Waals surface area contributed by atoms with E-state index in [0.717, 1.165) is 13.6 Å². The molecule has 0 spiro atoms. The molecule has 0 aliphatic heterocycles. The van der Waals surface area contributed by atoms with Crippen LogP contribution in [0.5, 0.6) is 5.75 Å². The molecule has 0 radical (unpaired) electrons. The highest BCUT2D eigenvalue weighted by Gasteiger charge is 2.01. The van der Waals surface area contributed by atoms with E-state index in [-0.39, 0.29) is 12.5 Å². The summed E-state index contributed by atoms with van der Waals surface area (Å²) in [6.45, 7) is -0.0755. The van der Waals surface area contributed by atoms with Crippen LogP contribution in [-0.2, 0) is 4.79 Å². The first-order chi connectivity index (χ1) is 10.1. The Morgan fingerprint density at radius 2 is 1.95 bits per heavy atom. The second-order valence-corrected chi connectivity index (χ2v) is 6.16. The van der Waals surface area contributed by atoms with Crippen molar-refractivity contribution in [3.63, 3.8) is 0 Å². The Balaban J connectivity index is 1.80. The van der Waals surface area contributed by atoms with E-state index < -0.39 is 0 Å². The van der Waals surface area contributed by atoms with Crippen molar-refractivity contribution in [3.8, 4) is 5.75 Å². The van der Waals surface area contributed by atoms with Crippen molar-refractivity contribution in [2.75, 3.05) is 6.61 Å². The molecule has 0 aliphatic rings. The molecule has 0 aromatic heterocycles. The third-order valence-corrected chi connectivity index (χ3v) is 3.92. The third-order valence-electron chi connectivity index (χ3n) is 2.48. The maximum absolute atomic E-state index is 11.6. The van der Waals surface area contributed by atoms with Gasteiger partial charge in [0.1, 0.15) is 5.75 Å². The SMILES string of the molecule is O=C(COc1ccc(I)cc1)N/N=C\c1ccccc1Br. The monoisotopic (exact) mass is 458 g/mol. The lowest BCUT2D eigenvalue weighted by Crippen LogP contribution is -2.24. The average Bonchev–Trinajstić information content (AvgIpc) is 2.49. The van der Waals surface area contributed by atoms with Crippen LogP contribution in [0.15, 0.2) is 58.1 Å². The Morgan fingerprint density at radius 3 is 2.67 bits per heavy atom. The molecular formula is C15H12BrIN2O2. The molecule has 0 heterocycles. The summed E-state index contributed by atoms with van der Waals surface area (Å²) >= 11 is 5.61. The van der Waals surface area contributed by atoms with E-state index in [1.54, 1.807) is 6.21 Å². The fourth-order valence-electron chi connectivity index (χ4n) is 1.47. The predicted octanol–water partition coefficient (Wildman–Crippen LogP) is 3.58. The van der Waals surface area contributed by atoms with Crippen LogP contribution in [0.4, 0.5) is 0 Å². The van der Waals surface area contributed by atoms with Gasteiger partial charge in [-0.15, -0.1) is 0 Å². The van der Waals surface area contributed by atoms with Gasteiger partial charge in [0.15, 0.2) is 6.61 Å². The highest BCUT2D eigenvalue weighted by molar-refractivity contribution is 14.1. The largest absolute Gasteiger partial charge is 0.484 e. The van der Waals surface area contributed by atoms with Crippen LogP contribution in [0, 0.1) is 3.57 Å². The summed E-state index contributed by atoms with van der Waals surface area (Å²) in [6.07, 6.45) is 1.58. The Labute approximate surface area is 144 Å². The first-order valence-corrected chi connectivity index (χ1v) is 7.97. The summed E-state index contributed by atoms with van der Waals surface area (Å²) in [6, 6.07) is 15.1. The third kappa shape index (κ3) is 5.47. The molecule has 108 valence electrons. The molecule has 21 heavy (non-hydrogen) atoms. The number of halogens is 2. The van der Waals surface area contributed by atoms with Crippen LogP contribution < -0.4 is 10.2 Å². The molecule has 0 aliphatic carbocycles. The summed E-state index contributed by atoms with van der Waals surface area (Å²) in [5, 5.41) is 3.89. The zero-order chi connectivity index (χ0) is 15.1. The quantitative estimate of drug-likeness (QED) is 0.423. The van der Waals surface area contributed by atoms with Gasteiger partial charge in [-0.1, -0.05) is 34.1 Å². The fourth-order valence-corrected chi connectivity index (χ4v) is 2.21. The van der Waals surface area contributed by atoms with E-state index in [9.17, 15) is 4.79 Å². The minimum atomic E-state index is -0.308. The second-order valence-electron chi connectivity index (χ2n) is 4.06. The number of hydrogen-bond donors (Lipinski definition) is 1. The first-order valence-electron chi connectivity index (χ1n) is 6.10. The van der Waals surface area contributed by atoms with E-state index in [2.05, 4.69) is 49.0 Å². The van der Waals surface area contributed by atoms with Gasteiger partial charge < -0.3 is 4.74 Å². The first kappa shape index (κ1) is 16.0. The molecule has 2 rings (SSSR count). The summed E-state index contributed by atoms with van der Waals surface area (Å²) in [5.41, 5.74) is 3.31. The van der Waals surface area contributed by atoms with Gasteiger partial charge in [-0.2, -0.15) is 5.10 Å². The Hall–Kier alpha value is -1.41. The van der Waals surface area contributed by atoms with Crippen molar-refractivity contribution < 1.29 is 9.53 Å². The number of amides is 1.